The van der Waals surface area contributed by atoms with Crippen molar-refractivity contribution >= 4 is 98.4 Å². The summed E-state index contributed by atoms with van der Waals surface area (Å²) in [6.45, 7) is 6.61. The van der Waals surface area contributed by atoms with Crippen molar-refractivity contribution in [1.82, 2.24) is 29.3 Å². The highest BCUT2D eigenvalue weighted by Gasteiger charge is 2.39. The van der Waals surface area contributed by atoms with Crippen LogP contribution >= 0.6 is 22.6 Å². The molecular weight excluding hydrogens is 1390 g/mol. The number of ether oxygens (including phenoxy) is 5. The molecule has 26 heteroatoms. The van der Waals surface area contributed by atoms with Crippen molar-refractivity contribution in [3.8, 4) is 34.3 Å². The van der Waals surface area contributed by atoms with Gasteiger partial charge in [0, 0.05) is 94.3 Å². The van der Waals surface area contributed by atoms with Gasteiger partial charge in [-0.15, -0.1) is 0 Å². The number of hydrogen-bond donors (Lipinski definition) is 1. The van der Waals surface area contributed by atoms with E-state index in [9.17, 15) is 38.4 Å². The molecule has 0 bridgehead atoms. The number of hydrogen-bond acceptors (Lipinski definition) is 16. The summed E-state index contributed by atoms with van der Waals surface area (Å²) in [7, 11) is 4.74. The normalized spacial score (nSPS) is 15.0. The number of amides is 6. The second-order valence-corrected chi connectivity index (χ2v) is 25.0. The van der Waals surface area contributed by atoms with Crippen molar-refractivity contribution in [3.05, 3.63) is 200 Å². The number of nitrogens with zero attached hydrogens (tertiary/aromatic N) is 11. The van der Waals surface area contributed by atoms with Crippen LogP contribution < -0.4 is 44.4 Å². The number of primary amides is 1. The number of aromatic nitrogens is 6. The molecule has 0 unspecified atom stereocenters. The van der Waals surface area contributed by atoms with Crippen molar-refractivity contribution < 1.29 is 62.0 Å². The molecule has 0 radical (unpaired) electrons. The number of halogens is 1. The molecule has 6 amide bonds. The predicted molar refractivity (Wildman–Crippen MR) is 381 cm³/mol. The van der Waals surface area contributed by atoms with Gasteiger partial charge < -0.3 is 53.9 Å². The van der Waals surface area contributed by atoms with E-state index in [0.717, 1.165) is 52.0 Å². The Kier molecular flexibility index (Phi) is 20.8. The van der Waals surface area contributed by atoms with Crippen LogP contribution in [0.5, 0.6) is 17.2 Å². The molecular formula is C74H73IN12O13. The molecule has 514 valence electrons. The van der Waals surface area contributed by atoms with Crippen LogP contribution in [0, 0.1) is 3.57 Å². The van der Waals surface area contributed by atoms with Gasteiger partial charge in [-0.2, -0.15) is 15.3 Å². The summed E-state index contributed by atoms with van der Waals surface area (Å²) < 4.78 is 31.7. The third-order valence-electron chi connectivity index (χ3n) is 17.9. The molecule has 3 aromatic heterocycles. The maximum Gasteiger partial charge on any atom is 0.359 e. The topological polar surface area (TPSA) is 278 Å². The molecule has 9 aromatic rings. The summed E-state index contributed by atoms with van der Waals surface area (Å²) in [5, 5.41) is 13.4. The van der Waals surface area contributed by atoms with Crippen LogP contribution in [-0.4, -0.2) is 144 Å². The average molecular weight is 1470 g/mol. The van der Waals surface area contributed by atoms with E-state index in [0.29, 0.717) is 139 Å². The third-order valence-corrected chi connectivity index (χ3v) is 18.6. The number of fused-ring (bicyclic) bond motifs is 3. The van der Waals surface area contributed by atoms with Crippen molar-refractivity contribution in [2.45, 2.75) is 71.6 Å². The first-order valence-electron chi connectivity index (χ1n) is 33.0. The molecule has 2 fully saturated rings. The molecule has 0 aliphatic carbocycles. The van der Waals surface area contributed by atoms with Gasteiger partial charge in [0.15, 0.2) is 17.1 Å². The largest absolute Gasteiger partial charge is 0.497 e. The Morgan fingerprint density at radius 2 is 0.660 bits per heavy atom. The zero-order chi connectivity index (χ0) is 70.3. The van der Waals surface area contributed by atoms with Gasteiger partial charge in [0.25, 0.3) is 23.6 Å². The number of carbonyl (C=O) groups excluding carboxylic acids is 8. The van der Waals surface area contributed by atoms with E-state index in [1.165, 1.54) is 14.0 Å². The number of carbonyl (C=O) groups is 8. The highest BCUT2D eigenvalue weighted by molar-refractivity contribution is 14.1. The molecule has 2 saturated heterocycles. The zero-order valence-corrected chi connectivity index (χ0v) is 58.0. The van der Waals surface area contributed by atoms with E-state index < -0.39 is 17.8 Å². The van der Waals surface area contributed by atoms with Crippen molar-refractivity contribution in [2.75, 3.05) is 91.8 Å². The van der Waals surface area contributed by atoms with Crippen LogP contribution in [0.1, 0.15) is 132 Å². The Bertz CT molecular complexity index is 4570. The van der Waals surface area contributed by atoms with E-state index in [1.54, 1.807) is 132 Å². The van der Waals surface area contributed by atoms with Crippen LogP contribution in [0.3, 0.4) is 0 Å². The number of esters is 2. The van der Waals surface area contributed by atoms with Crippen LogP contribution in [0.4, 0.5) is 28.4 Å². The van der Waals surface area contributed by atoms with E-state index in [4.69, 9.17) is 29.4 Å². The minimum absolute atomic E-state index is 0.109. The molecule has 14 rings (SSSR count). The van der Waals surface area contributed by atoms with Crippen LogP contribution in [0.25, 0.3) is 17.1 Å². The Hall–Kier alpha value is -11.2. The van der Waals surface area contributed by atoms with Gasteiger partial charge in [-0.05, 0) is 227 Å². The SMILES string of the molecule is CCOC(=O)c1nn(-c2ccc(OC)cc2)c2c1CCN(c1ccc(I)cc1)C2=O.CCOC(=O)c1nn(-c2ccc(OC)cc2)c2c1CCN(c1ccc(N3CCCCC3=O)cc1)C2=O.COc1ccc(-n2nc(C(N)=O)c3c2C(=O)N(c2ccc(N4CCCCC4=O)cc2)CC3)cc1. The van der Waals surface area contributed by atoms with Gasteiger partial charge in [0.1, 0.15) is 34.3 Å². The number of nitrogens with two attached hydrogens (primary N) is 1. The molecule has 5 aliphatic heterocycles. The molecule has 0 atom stereocenters. The Balaban J connectivity index is 0.000000143. The molecule has 0 saturated carbocycles. The van der Waals surface area contributed by atoms with E-state index >= 15 is 0 Å². The van der Waals surface area contributed by atoms with E-state index in [-0.39, 0.29) is 59.8 Å². The molecule has 25 nitrogen and oxygen atoms in total. The maximum atomic E-state index is 13.8. The summed E-state index contributed by atoms with van der Waals surface area (Å²) in [4.78, 5) is 111. The lowest BCUT2D eigenvalue weighted by Crippen LogP contribution is -2.39. The van der Waals surface area contributed by atoms with Gasteiger partial charge in [0.05, 0.1) is 51.6 Å². The molecule has 2 N–H and O–H groups in total. The lowest BCUT2D eigenvalue weighted by atomic mass is 10.0. The lowest BCUT2D eigenvalue weighted by Gasteiger charge is -2.29. The standard InChI is InChI=1S/C27H28N4O5.C25H25N5O4.C22H20IN3O4/c1-3-36-27(34)24-22-15-17-30(19-9-7-18(8-10-19)29-16-5-4-6-23(29)32)26(33)25(22)31(28-24)20-11-13-21(35-2)14-12-20;1-34-19-11-9-18(10-12-19)30-23-20(22(27-30)24(26)32)13-15-29(25(23)33)17-7-5-16(6-8-17)28-14-3-2-4-21(28)31;1-3-30-22(28)19-18-12-13-25(15-6-4-14(23)5-7-15)21(27)20(18)26(24-19)16-8-10-17(29-2)11-9-16/h7-14H,3-6,15-17H2,1-2H3;5-12H,2-4,13-15H2,1H3,(H2,26,32);4-11H,3,12-13H2,1-2H3. The molecule has 8 heterocycles. The average Bonchev–Trinajstić information content (AvgIpc) is 1.60. The van der Waals surface area contributed by atoms with E-state index in [1.807, 2.05) is 72.8 Å². The molecule has 5 aliphatic rings. The first kappa shape index (κ1) is 68.8. The Morgan fingerprint density at radius 1 is 0.380 bits per heavy atom. The molecule has 100 heavy (non-hydrogen) atoms. The van der Waals surface area contributed by atoms with Crippen molar-refractivity contribution in [3.63, 3.8) is 0 Å². The maximum absolute atomic E-state index is 13.8. The summed E-state index contributed by atoms with van der Waals surface area (Å²) in [6, 6.07) is 44.1. The third kappa shape index (κ3) is 14.0. The smallest absolute Gasteiger partial charge is 0.359 e. The van der Waals surface area contributed by atoms with Gasteiger partial charge in [-0.25, -0.2) is 23.6 Å². The number of anilines is 5. The Morgan fingerprint density at radius 3 is 0.950 bits per heavy atom. The summed E-state index contributed by atoms with van der Waals surface area (Å²) in [5.41, 5.74) is 14.7. The van der Waals surface area contributed by atoms with Gasteiger partial charge in [-0.3, -0.25) is 28.8 Å². The number of methoxy groups -OCH3 is 3. The monoisotopic (exact) mass is 1460 g/mol. The van der Waals surface area contributed by atoms with Gasteiger partial charge >= 0.3 is 11.9 Å². The summed E-state index contributed by atoms with van der Waals surface area (Å²) in [6.07, 6.45) is 6.36. The first-order chi connectivity index (χ1) is 48.5. The molecule has 0 spiro atoms. The van der Waals surface area contributed by atoms with Crippen molar-refractivity contribution in [2.24, 2.45) is 5.73 Å². The lowest BCUT2D eigenvalue weighted by molar-refractivity contribution is -0.120. The zero-order valence-electron chi connectivity index (χ0n) is 55.9. The first-order valence-corrected chi connectivity index (χ1v) is 34.1. The highest BCUT2D eigenvalue weighted by atomic mass is 127. The highest BCUT2D eigenvalue weighted by Crippen LogP contribution is 2.36. The quantitative estimate of drug-likeness (QED) is 0.0695. The Labute approximate surface area is 590 Å². The fourth-order valence-corrected chi connectivity index (χ4v) is 13.2. The summed E-state index contributed by atoms with van der Waals surface area (Å²) >= 11 is 2.23. The minimum atomic E-state index is -0.666. The minimum Gasteiger partial charge on any atom is -0.497 e. The second-order valence-electron chi connectivity index (χ2n) is 23.8. The van der Waals surface area contributed by atoms with Crippen LogP contribution in [0.2, 0.25) is 0 Å². The summed E-state index contributed by atoms with van der Waals surface area (Å²) in [5.74, 6) is -0.160. The van der Waals surface area contributed by atoms with Crippen LogP contribution in [0.15, 0.2) is 146 Å². The number of piperidine rings is 2. The van der Waals surface area contributed by atoms with Gasteiger partial charge in [-0.1, -0.05) is 0 Å². The molecule has 6 aromatic carbocycles. The second kappa shape index (κ2) is 30.3. The van der Waals surface area contributed by atoms with E-state index in [2.05, 4.69) is 37.9 Å². The number of rotatable bonds is 16. The fraction of sp³-hybridized carbons (Fsp3) is 0.284. The van der Waals surface area contributed by atoms with Crippen molar-refractivity contribution in [1.29, 1.82) is 0 Å². The van der Waals surface area contributed by atoms with Crippen LogP contribution in [-0.2, 0) is 38.3 Å². The van der Waals surface area contributed by atoms with Gasteiger partial charge in [0.2, 0.25) is 11.8 Å². The fourth-order valence-electron chi connectivity index (χ4n) is 12.9. The number of benzene rings is 6. The predicted octanol–water partition coefficient (Wildman–Crippen LogP) is 10.3.